The number of carbonyl (C=O) groups excluding carboxylic acids is 1. The van der Waals surface area contributed by atoms with Gasteiger partial charge in [0.15, 0.2) is 0 Å². The number of hydrogen-bond acceptors (Lipinski definition) is 2. The highest BCUT2D eigenvalue weighted by atomic mass is 35.5. The van der Waals surface area contributed by atoms with Crippen molar-refractivity contribution >= 4 is 17.5 Å². The van der Waals surface area contributed by atoms with Gasteiger partial charge in [0, 0.05) is 18.5 Å². The molecule has 1 heterocycles. The van der Waals surface area contributed by atoms with Crippen LogP contribution in [0.3, 0.4) is 0 Å². The van der Waals surface area contributed by atoms with Crippen molar-refractivity contribution in [3.8, 4) is 0 Å². The van der Waals surface area contributed by atoms with E-state index >= 15 is 0 Å². The van der Waals surface area contributed by atoms with Gasteiger partial charge in [0.1, 0.15) is 0 Å². The van der Waals surface area contributed by atoms with E-state index in [2.05, 4.69) is 5.32 Å². The first-order valence-corrected chi connectivity index (χ1v) is 5.72. The molecular weight excluding hydrogens is 202 g/mol. The van der Waals surface area contributed by atoms with Gasteiger partial charge in [-0.2, -0.15) is 0 Å². The van der Waals surface area contributed by atoms with Gasteiger partial charge < -0.3 is 10.1 Å². The summed E-state index contributed by atoms with van der Waals surface area (Å²) in [7, 11) is 0. The molecular formula is C10H18ClNO2. The first kappa shape index (κ1) is 11.8. The minimum Gasteiger partial charge on any atom is -0.378 e. The topological polar surface area (TPSA) is 38.3 Å². The van der Waals surface area contributed by atoms with E-state index < -0.39 is 0 Å². The van der Waals surface area contributed by atoms with Crippen LogP contribution < -0.4 is 5.32 Å². The summed E-state index contributed by atoms with van der Waals surface area (Å²) in [6.07, 6.45) is 3.54. The van der Waals surface area contributed by atoms with Crippen molar-refractivity contribution in [1.82, 2.24) is 5.32 Å². The van der Waals surface area contributed by atoms with Crippen molar-refractivity contribution in [2.24, 2.45) is 0 Å². The third-order valence-electron chi connectivity index (χ3n) is 2.39. The summed E-state index contributed by atoms with van der Waals surface area (Å²) >= 11 is 5.57. The smallest absolute Gasteiger partial charge is 0.222 e. The number of hydrogen-bond donors (Lipinski definition) is 1. The van der Waals surface area contributed by atoms with Crippen molar-refractivity contribution in [2.75, 3.05) is 12.5 Å². The fourth-order valence-corrected chi connectivity index (χ4v) is 1.91. The molecule has 1 rings (SSSR count). The lowest BCUT2D eigenvalue weighted by Gasteiger charge is -2.14. The quantitative estimate of drug-likeness (QED) is 0.715. The molecule has 1 amide bonds. The highest BCUT2D eigenvalue weighted by Gasteiger charge is 2.19. The van der Waals surface area contributed by atoms with Crippen molar-refractivity contribution in [2.45, 2.75) is 44.8 Å². The molecule has 2 atom stereocenters. The molecule has 1 saturated heterocycles. The van der Waals surface area contributed by atoms with Crippen molar-refractivity contribution in [3.63, 3.8) is 0 Å². The van der Waals surface area contributed by atoms with Crippen LogP contribution in [0.5, 0.6) is 0 Å². The number of amides is 1. The van der Waals surface area contributed by atoms with Crippen molar-refractivity contribution in [3.05, 3.63) is 0 Å². The van der Waals surface area contributed by atoms with Crippen molar-refractivity contribution in [1.29, 1.82) is 0 Å². The van der Waals surface area contributed by atoms with Gasteiger partial charge in [-0.15, -0.1) is 11.6 Å². The Balaban J connectivity index is 2.14. The standard InChI is InChI=1S/C10H18ClNO2/c1-8(4-5-11)12-10(13)7-9-3-2-6-14-9/h8-9H,2-7H2,1H3,(H,12,13). The van der Waals surface area contributed by atoms with Gasteiger partial charge in [-0.05, 0) is 26.2 Å². The van der Waals surface area contributed by atoms with Gasteiger partial charge in [-0.3, -0.25) is 4.79 Å². The molecule has 14 heavy (non-hydrogen) atoms. The summed E-state index contributed by atoms with van der Waals surface area (Å²) < 4.78 is 5.38. The Labute approximate surface area is 90.1 Å². The molecule has 0 aliphatic carbocycles. The molecule has 0 aromatic rings. The average molecular weight is 220 g/mol. The van der Waals surface area contributed by atoms with Crippen LogP contribution in [0.15, 0.2) is 0 Å². The molecule has 0 aromatic carbocycles. The number of carbonyl (C=O) groups is 1. The van der Waals surface area contributed by atoms with Gasteiger partial charge in [0.2, 0.25) is 5.91 Å². The van der Waals surface area contributed by atoms with Crippen LogP contribution >= 0.6 is 11.6 Å². The van der Waals surface area contributed by atoms with Crippen LogP contribution in [0, 0.1) is 0 Å². The number of rotatable bonds is 5. The second-order valence-corrected chi connectivity index (χ2v) is 4.16. The zero-order valence-electron chi connectivity index (χ0n) is 8.59. The predicted octanol–water partition coefficient (Wildman–Crippen LogP) is 1.69. The summed E-state index contributed by atoms with van der Waals surface area (Å²) in [4.78, 5) is 11.5. The molecule has 0 radical (unpaired) electrons. The molecule has 0 aromatic heterocycles. The van der Waals surface area contributed by atoms with Gasteiger partial charge >= 0.3 is 0 Å². The van der Waals surface area contributed by atoms with E-state index in [1.807, 2.05) is 6.92 Å². The Morgan fingerprint density at radius 1 is 1.71 bits per heavy atom. The molecule has 1 fully saturated rings. The molecule has 1 aliphatic rings. The number of halogens is 1. The summed E-state index contributed by atoms with van der Waals surface area (Å²) in [5, 5.41) is 2.90. The Bertz CT molecular complexity index is 181. The Morgan fingerprint density at radius 3 is 3.07 bits per heavy atom. The van der Waals surface area contributed by atoms with E-state index in [1.54, 1.807) is 0 Å². The SMILES string of the molecule is CC(CCCl)NC(=O)CC1CCCO1. The summed E-state index contributed by atoms with van der Waals surface area (Å²) in [6.45, 7) is 2.77. The lowest BCUT2D eigenvalue weighted by Crippen LogP contribution is -2.34. The van der Waals surface area contributed by atoms with Crippen LogP contribution in [-0.4, -0.2) is 30.5 Å². The van der Waals surface area contributed by atoms with E-state index in [0.717, 1.165) is 25.9 Å². The van der Waals surface area contributed by atoms with Gasteiger partial charge in [-0.25, -0.2) is 0 Å². The third kappa shape index (κ3) is 4.29. The van der Waals surface area contributed by atoms with E-state index in [0.29, 0.717) is 12.3 Å². The second kappa shape index (κ2) is 6.25. The predicted molar refractivity (Wildman–Crippen MR) is 56.5 cm³/mol. The molecule has 2 unspecified atom stereocenters. The molecule has 4 heteroatoms. The maximum absolute atomic E-state index is 11.5. The Hall–Kier alpha value is -0.280. The number of alkyl halides is 1. The molecule has 1 aliphatic heterocycles. The highest BCUT2D eigenvalue weighted by molar-refractivity contribution is 6.17. The number of ether oxygens (including phenoxy) is 1. The second-order valence-electron chi connectivity index (χ2n) is 3.79. The van der Waals surface area contributed by atoms with Gasteiger partial charge in [0.25, 0.3) is 0 Å². The first-order chi connectivity index (χ1) is 6.72. The van der Waals surface area contributed by atoms with Gasteiger partial charge in [-0.1, -0.05) is 0 Å². The minimum atomic E-state index is 0.0783. The van der Waals surface area contributed by atoms with E-state index in [9.17, 15) is 4.79 Å². The molecule has 82 valence electrons. The van der Waals surface area contributed by atoms with Crippen LogP contribution in [0.1, 0.15) is 32.6 Å². The van der Waals surface area contributed by atoms with E-state index in [4.69, 9.17) is 16.3 Å². The lowest BCUT2D eigenvalue weighted by molar-refractivity contribution is -0.123. The molecule has 0 saturated carbocycles. The first-order valence-electron chi connectivity index (χ1n) is 5.19. The monoisotopic (exact) mass is 219 g/mol. The molecule has 0 bridgehead atoms. The third-order valence-corrected chi connectivity index (χ3v) is 2.60. The summed E-state index contributed by atoms with van der Waals surface area (Å²) in [5.41, 5.74) is 0. The van der Waals surface area contributed by atoms with E-state index in [-0.39, 0.29) is 18.1 Å². The number of nitrogens with one attached hydrogen (secondary N) is 1. The summed E-state index contributed by atoms with van der Waals surface area (Å²) in [6, 6.07) is 0.168. The fourth-order valence-electron chi connectivity index (χ4n) is 1.58. The normalized spacial score (nSPS) is 23.4. The highest BCUT2D eigenvalue weighted by Crippen LogP contribution is 2.15. The maximum Gasteiger partial charge on any atom is 0.222 e. The molecule has 3 nitrogen and oxygen atoms in total. The fraction of sp³-hybridized carbons (Fsp3) is 0.900. The zero-order chi connectivity index (χ0) is 10.4. The maximum atomic E-state index is 11.5. The summed E-state index contributed by atoms with van der Waals surface area (Å²) in [5.74, 6) is 0.663. The van der Waals surface area contributed by atoms with Crippen LogP contribution in [0.4, 0.5) is 0 Å². The van der Waals surface area contributed by atoms with Crippen LogP contribution in [0.25, 0.3) is 0 Å². The van der Waals surface area contributed by atoms with E-state index in [1.165, 1.54) is 0 Å². The Morgan fingerprint density at radius 2 is 2.50 bits per heavy atom. The van der Waals surface area contributed by atoms with Crippen LogP contribution in [0.2, 0.25) is 0 Å². The zero-order valence-corrected chi connectivity index (χ0v) is 9.35. The Kier molecular flexibility index (Phi) is 5.26. The lowest BCUT2D eigenvalue weighted by atomic mass is 10.1. The largest absolute Gasteiger partial charge is 0.378 e. The van der Waals surface area contributed by atoms with Crippen LogP contribution in [-0.2, 0) is 9.53 Å². The molecule has 1 N–H and O–H groups in total. The van der Waals surface area contributed by atoms with Gasteiger partial charge in [0.05, 0.1) is 12.5 Å². The average Bonchev–Trinajstić information content (AvgIpc) is 2.56. The van der Waals surface area contributed by atoms with Crippen molar-refractivity contribution < 1.29 is 9.53 Å². The minimum absolute atomic E-state index is 0.0783. The molecule has 0 spiro atoms.